The Balaban J connectivity index is 1.97. The third-order valence-corrected chi connectivity index (χ3v) is 4.88. The van der Waals surface area contributed by atoms with E-state index in [1.54, 1.807) is 6.07 Å². The molecule has 1 atom stereocenters. The van der Waals surface area contributed by atoms with Gasteiger partial charge in [0, 0.05) is 33.3 Å². The normalized spacial score (nSPS) is 13.0. The number of aryl methyl sites for hydroxylation is 1. The van der Waals surface area contributed by atoms with Crippen molar-refractivity contribution < 1.29 is 17.7 Å². The van der Waals surface area contributed by atoms with Crippen LogP contribution in [-0.4, -0.2) is 27.5 Å². The molecule has 2 aromatic carbocycles. The molecule has 1 aromatic heterocycles. The number of methoxy groups -OCH3 is 1. The molecule has 0 aliphatic rings. The molecule has 0 amide bonds. The predicted octanol–water partition coefficient (Wildman–Crippen LogP) is 4.66. The van der Waals surface area contributed by atoms with Gasteiger partial charge in [0.1, 0.15) is 17.3 Å². The van der Waals surface area contributed by atoms with Gasteiger partial charge in [-0.25, -0.2) is 23.0 Å². The number of rotatable bonds is 6. The topological polar surface area (TPSA) is 88.0 Å². The van der Waals surface area contributed by atoms with E-state index in [0.717, 1.165) is 23.4 Å². The van der Waals surface area contributed by atoms with Crippen molar-refractivity contribution in [2.45, 2.75) is 12.7 Å². The Morgan fingerprint density at radius 1 is 1.21 bits per heavy atom. The van der Waals surface area contributed by atoms with Crippen molar-refractivity contribution >= 4 is 21.4 Å². The molecule has 0 radical (unpaired) electrons. The van der Waals surface area contributed by atoms with Crippen LogP contribution in [0.15, 0.2) is 42.6 Å². The van der Waals surface area contributed by atoms with Gasteiger partial charge in [-0.3, -0.25) is 4.78 Å². The number of hydrogen-bond acceptors (Lipinski definition) is 6. The number of halogens is 2. The van der Waals surface area contributed by atoms with Gasteiger partial charge in [-0.05, 0) is 42.3 Å². The van der Waals surface area contributed by atoms with E-state index in [9.17, 15) is 13.0 Å². The number of ether oxygens (including phenoxy) is 1. The second-order valence-electron chi connectivity index (χ2n) is 6.72. The zero-order valence-corrected chi connectivity index (χ0v) is 16.9. The molecule has 0 fully saturated rings. The van der Waals surface area contributed by atoms with Gasteiger partial charge in [0.05, 0.1) is 19.1 Å². The number of aromatic nitrogens is 2. The lowest BCUT2D eigenvalue weighted by Gasteiger charge is -2.12. The Labute approximate surface area is 168 Å². The molecule has 2 N–H and O–H groups in total. The van der Waals surface area contributed by atoms with E-state index in [1.807, 2.05) is 19.1 Å². The lowest BCUT2D eigenvalue weighted by molar-refractivity contribution is 0.412. The monoisotopic (exact) mass is 418 g/mol. The molecule has 3 rings (SSSR count). The summed E-state index contributed by atoms with van der Waals surface area (Å²) >= 11 is 0. The van der Waals surface area contributed by atoms with E-state index in [0.29, 0.717) is 11.3 Å². The fourth-order valence-corrected chi connectivity index (χ4v) is 3.74. The predicted molar refractivity (Wildman–Crippen MR) is 109 cm³/mol. The number of anilines is 2. The van der Waals surface area contributed by atoms with Crippen LogP contribution in [0.1, 0.15) is 11.1 Å². The van der Waals surface area contributed by atoms with E-state index < -0.39 is 21.4 Å². The third kappa shape index (κ3) is 5.26. The standard InChI is InChI=1S/C20H20F2N4O2S/c1-12-6-13(11-29(3,23)27)8-15(7-12)25-20-24-10-17(22)19(26-20)16-5-4-14(21)9-18(16)28-2/h4-10,23H,11H2,1-3H3,(H,24,25,26). The molecule has 0 saturated heterocycles. The van der Waals surface area contributed by atoms with Crippen LogP contribution in [-0.2, 0) is 15.5 Å². The Kier molecular flexibility index (Phi) is 5.78. The maximum Gasteiger partial charge on any atom is 0.227 e. The second kappa shape index (κ2) is 8.12. The van der Waals surface area contributed by atoms with Crippen molar-refractivity contribution in [3.8, 4) is 17.0 Å². The zero-order valence-electron chi connectivity index (χ0n) is 16.1. The summed E-state index contributed by atoms with van der Waals surface area (Å²) in [6.07, 6.45) is 2.40. The number of hydrogen-bond donors (Lipinski definition) is 2. The first-order chi connectivity index (χ1) is 13.6. The van der Waals surface area contributed by atoms with E-state index in [2.05, 4.69) is 15.3 Å². The van der Waals surface area contributed by atoms with Crippen LogP contribution in [0.5, 0.6) is 5.75 Å². The van der Waals surface area contributed by atoms with Crippen LogP contribution in [0.3, 0.4) is 0 Å². The molecule has 0 aliphatic carbocycles. The van der Waals surface area contributed by atoms with Gasteiger partial charge < -0.3 is 10.1 Å². The quantitative estimate of drug-likeness (QED) is 0.608. The summed E-state index contributed by atoms with van der Waals surface area (Å²) in [4.78, 5) is 8.18. The fourth-order valence-electron chi connectivity index (χ4n) is 2.94. The molecule has 3 aromatic rings. The van der Waals surface area contributed by atoms with Crippen molar-refractivity contribution in [2.75, 3.05) is 18.7 Å². The molecule has 152 valence electrons. The van der Waals surface area contributed by atoms with E-state index in [1.165, 1.54) is 25.5 Å². The average Bonchev–Trinajstić information content (AvgIpc) is 2.61. The lowest BCUT2D eigenvalue weighted by Crippen LogP contribution is -2.03. The lowest BCUT2D eigenvalue weighted by atomic mass is 10.1. The molecule has 0 spiro atoms. The molecule has 0 saturated carbocycles. The number of nitrogens with zero attached hydrogens (tertiary/aromatic N) is 2. The first-order valence-corrected chi connectivity index (χ1v) is 10.7. The van der Waals surface area contributed by atoms with Crippen LogP contribution in [0.2, 0.25) is 0 Å². The summed E-state index contributed by atoms with van der Waals surface area (Å²) in [7, 11) is -1.33. The summed E-state index contributed by atoms with van der Waals surface area (Å²) in [6.45, 7) is 1.87. The van der Waals surface area contributed by atoms with Crippen molar-refractivity contribution in [1.82, 2.24) is 9.97 Å². The van der Waals surface area contributed by atoms with Crippen LogP contribution < -0.4 is 10.1 Å². The molecular formula is C20H20F2N4O2S. The van der Waals surface area contributed by atoms with Gasteiger partial charge in [0.2, 0.25) is 5.95 Å². The smallest absolute Gasteiger partial charge is 0.227 e. The van der Waals surface area contributed by atoms with Crippen molar-refractivity contribution in [3.63, 3.8) is 0 Å². The largest absolute Gasteiger partial charge is 0.496 e. The maximum absolute atomic E-state index is 14.4. The van der Waals surface area contributed by atoms with Crippen molar-refractivity contribution in [2.24, 2.45) is 0 Å². The maximum atomic E-state index is 14.4. The van der Waals surface area contributed by atoms with E-state index >= 15 is 0 Å². The molecule has 0 bridgehead atoms. The zero-order chi connectivity index (χ0) is 21.2. The molecule has 9 heteroatoms. The van der Waals surface area contributed by atoms with Crippen LogP contribution in [0.4, 0.5) is 20.4 Å². The highest BCUT2D eigenvalue weighted by Gasteiger charge is 2.15. The highest BCUT2D eigenvalue weighted by molar-refractivity contribution is 7.90. The van der Waals surface area contributed by atoms with Gasteiger partial charge in [0.15, 0.2) is 5.82 Å². The van der Waals surface area contributed by atoms with Crippen molar-refractivity contribution in [1.29, 1.82) is 4.78 Å². The van der Waals surface area contributed by atoms with Gasteiger partial charge in [-0.2, -0.15) is 0 Å². The average molecular weight is 418 g/mol. The minimum Gasteiger partial charge on any atom is -0.496 e. The van der Waals surface area contributed by atoms with Gasteiger partial charge in [0.25, 0.3) is 0 Å². The highest BCUT2D eigenvalue weighted by Crippen LogP contribution is 2.31. The molecular weight excluding hydrogens is 398 g/mol. The molecule has 6 nitrogen and oxygen atoms in total. The minimum atomic E-state index is -2.70. The van der Waals surface area contributed by atoms with Gasteiger partial charge >= 0.3 is 0 Å². The number of nitrogens with one attached hydrogen (secondary N) is 2. The second-order valence-corrected chi connectivity index (χ2v) is 9.02. The third-order valence-electron chi connectivity index (χ3n) is 4.00. The highest BCUT2D eigenvalue weighted by atomic mass is 32.2. The van der Waals surface area contributed by atoms with E-state index in [4.69, 9.17) is 9.52 Å². The van der Waals surface area contributed by atoms with E-state index in [-0.39, 0.29) is 23.1 Å². The van der Waals surface area contributed by atoms with Gasteiger partial charge in [-0.1, -0.05) is 6.07 Å². The summed E-state index contributed by atoms with van der Waals surface area (Å²) in [5, 5.41) is 3.00. The Hall–Kier alpha value is -3.07. The van der Waals surface area contributed by atoms with Gasteiger partial charge in [-0.15, -0.1) is 0 Å². The minimum absolute atomic E-state index is 0.0324. The Morgan fingerprint density at radius 3 is 2.66 bits per heavy atom. The Morgan fingerprint density at radius 2 is 1.97 bits per heavy atom. The molecule has 1 unspecified atom stereocenters. The van der Waals surface area contributed by atoms with Crippen molar-refractivity contribution in [3.05, 3.63) is 65.4 Å². The number of benzene rings is 2. The fraction of sp³-hybridized carbons (Fsp3) is 0.200. The molecule has 1 heterocycles. The SMILES string of the molecule is COc1cc(F)ccc1-c1nc(Nc2cc(C)cc(CS(C)(=N)=O)c2)ncc1F. The van der Waals surface area contributed by atoms with Crippen LogP contribution in [0, 0.1) is 23.3 Å². The van der Waals surface area contributed by atoms with Crippen LogP contribution in [0.25, 0.3) is 11.3 Å². The summed E-state index contributed by atoms with van der Waals surface area (Å²) in [6, 6.07) is 9.16. The summed E-state index contributed by atoms with van der Waals surface area (Å²) < 4.78 is 52.4. The Bertz CT molecular complexity index is 1170. The summed E-state index contributed by atoms with van der Waals surface area (Å²) in [5.41, 5.74) is 2.51. The first kappa shape index (κ1) is 20.7. The molecule has 29 heavy (non-hydrogen) atoms. The first-order valence-electron chi connectivity index (χ1n) is 8.60. The van der Waals surface area contributed by atoms with Crippen LogP contribution >= 0.6 is 0 Å². The summed E-state index contributed by atoms with van der Waals surface area (Å²) in [5.74, 6) is -0.782. The molecule has 0 aliphatic heterocycles.